The molecule has 1 unspecified atom stereocenters. The van der Waals surface area contributed by atoms with Gasteiger partial charge in [0.2, 0.25) is 0 Å². The fourth-order valence-corrected chi connectivity index (χ4v) is 3.86. The van der Waals surface area contributed by atoms with Gasteiger partial charge in [-0.25, -0.2) is 9.69 Å². The van der Waals surface area contributed by atoms with E-state index in [2.05, 4.69) is 4.90 Å². The van der Waals surface area contributed by atoms with Crippen LogP contribution in [0.3, 0.4) is 0 Å². The molecule has 6 heteroatoms. The fraction of sp³-hybridized carbons (Fsp3) is 0.652. The molecule has 160 valence electrons. The zero-order valence-electron chi connectivity index (χ0n) is 17.8. The molecule has 1 saturated carbocycles. The van der Waals surface area contributed by atoms with Crippen molar-refractivity contribution in [3.05, 3.63) is 35.9 Å². The summed E-state index contributed by atoms with van der Waals surface area (Å²) in [6.07, 6.45) is 4.45. The van der Waals surface area contributed by atoms with Crippen molar-refractivity contribution in [3.63, 3.8) is 0 Å². The van der Waals surface area contributed by atoms with Crippen molar-refractivity contribution in [1.29, 1.82) is 0 Å². The van der Waals surface area contributed by atoms with E-state index in [1.807, 2.05) is 39.0 Å². The third-order valence-electron chi connectivity index (χ3n) is 5.38. The Morgan fingerprint density at radius 1 is 1.00 bits per heavy atom. The van der Waals surface area contributed by atoms with Gasteiger partial charge in [-0.15, -0.1) is 0 Å². The molecule has 0 N–H and O–H groups in total. The van der Waals surface area contributed by atoms with Gasteiger partial charge in [0.1, 0.15) is 5.60 Å². The predicted molar refractivity (Wildman–Crippen MR) is 109 cm³/mol. The van der Waals surface area contributed by atoms with Crippen LogP contribution < -0.4 is 0 Å². The molecule has 0 amide bonds. The van der Waals surface area contributed by atoms with Crippen LogP contribution in [0.5, 0.6) is 0 Å². The van der Waals surface area contributed by atoms with Crippen molar-refractivity contribution in [1.82, 2.24) is 4.90 Å². The van der Waals surface area contributed by atoms with Crippen LogP contribution in [0.4, 0.5) is 0 Å². The molecule has 0 radical (unpaired) electrons. The van der Waals surface area contributed by atoms with E-state index in [0.717, 1.165) is 51.6 Å². The fourth-order valence-electron chi connectivity index (χ4n) is 3.86. The molecule has 0 aromatic heterocycles. The lowest BCUT2D eigenvalue weighted by atomic mass is 9.87. The van der Waals surface area contributed by atoms with Gasteiger partial charge in [-0.2, -0.15) is 0 Å². The summed E-state index contributed by atoms with van der Waals surface area (Å²) in [7, 11) is 0. The van der Waals surface area contributed by atoms with E-state index in [1.54, 1.807) is 12.1 Å². The molecule has 2 fully saturated rings. The molecule has 0 bridgehead atoms. The second-order valence-corrected chi connectivity index (χ2v) is 8.96. The van der Waals surface area contributed by atoms with E-state index in [4.69, 9.17) is 14.2 Å². The van der Waals surface area contributed by atoms with Gasteiger partial charge >= 0.3 is 11.9 Å². The molecule has 1 heterocycles. The molecule has 1 aromatic carbocycles. The normalized spacial score (nSPS) is 24.1. The van der Waals surface area contributed by atoms with Gasteiger partial charge in [0.05, 0.1) is 17.6 Å². The number of nitrogens with zero attached hydrogens (tertiary/aromatic N) is 1. The maximum Gasteiger partial charge on any atom is 0.341 e. The average molecular weight is 404 g/mol. The summed E-state index contributed by atoms with van der Waals surface area (Å²) in [6.45, 7) is 7.39. The van der Waals surface area contributed by atoms with Crippen molar-refractivity contribution in [2.24, 2.45) is 5.92 Å². The first-order valence-electron chi connectivity index (χ1n) is 10.7. The van der Waals surface area contributed by atoms with Crippen molar-refractivity contribution in [3.8, 4) is 0 Å². The van der Waals surface area contributed by atoms with Crippen LogP contribution in [0.2, 0.25) is 0 Å². The Bertz CT molecular complexity index is 670. The lowest BCUT2D eigenvalue weighted by Crippen LogP contribution is -2.42. The van der Waals surface area contributed by atoms with E-state index < -0.39 is 12.0 Å². The van der Waals surface area contributed by atoms with Crippen LogP contribution >= 0.6 is 0 Å². The molecular weight excluding hydrogens is 370 g/mol. The first kappa shape index (κ1) is 21.8. The van der Waals surface area contributed by atoms with E-state index in [1.165, 1.54) is 0 Å². The van der Waals surface area contributed by atoms with Gasteiger partial charge in [0, 0.05) is 13.1 Å². The third kappa shape index (κ3) is 6.54. The Balaban J connectivity index is 1.55. The summed E-state index contributed by atoms with van der Waals surface area (Å²) in [4.78, 5) is 26.9. The van der Waals surface area contributed by atoms with E-state index in [-0.39, 0.29) is 24.0 Å². The highest BCUT2D eigenvalue weighted by atomic mass is 16.7. The van der Waals surface area contributed by atoms with Crippen molar-refractivity contribution < 1.29 is 23.8 Å². The van der Waals surface area contributed by atoms with Crippen LogP contribution in [-0.4, -0.2) is 48.0 Å². The van der Waals surface area contributed by atoms with Crippen LogP contribution in [0, 0.1) is 5.92 Å². The predicted octanol–water partition coefficient (Wildman–Crippen LogP) is 4.14. The van der Waals surface area contributed by atoms with Crippen molar-refractivity contribution >= 4 is 11.9 Å². The molecule has 1 aliphatic heterocycles. The Hall–Kier alpha value is -1.92. The highest BCUT2D eigenvalue weighted by Gasteiger charge is 2.34. The monoisotopic (exact) mass is 403 g/mol. The SMILES string of the molecule is CC(C)(C)OC(=O)C1CCC(OC(OC(=O)c2ccccc2)N2CCCC2)CC1. The number of carbonyl (C=O) groups excluding carboxylic acids is 2. The van der Waals surface area contributed by atoms with Crippen molar-refractivity contribution in [2.75, 3.05) is 13.1 Å². The van der Waals surface area contributed by atoms with Crippen LogP contribution in [0.15, 0.2) is 30.3 Å². The second-order valence-electron chi connectivity index (χ2n) is 8.96. The van der Waals surface area contributed by atoms with Gasteiger partial charge in [-0.05, 0) is 71.4 Å². The zero-order chi connectivity index (χ0) is 20.9. The molecule has 6 nitrogen and oxygen atoms in total. The molecular formula is C23H33NO5. The molecule has 29 heavy (non-hydrogen) atoms. The standard InChI is InChI=1S/C23H33NO5/c1-23(2,3)29-21(26)18-11-13-19(14-12-18)27-22(24-15-7-8-16-24)28-20(25)17-9-5-4-6-10-17/h4-6,9-10,18-19,22H,7-8,11-16H2,1-3H3. The average Bonchev–Trinajstić information content (AvgIpc) is 3.22. The maximum absolute atomic E-state index is 12.5. The minimum atomic E-state index is -0.673. The molecule has 2 aliphatic rings. The number of rotatable bonds is 6. The summed E-state index contributed by atoms with van der Waals surface area (Å²) in [5.74, 6) is -0.571. The molecule has 0 spiro atoms. The quantitative estimate of drug-likeness (QED) is 0.525. The van der Waals surface area contributed by atoms with Gasteiger partial charge in [0.15, 0.2) is 0 Å². The first-order chi connectivity index (χ1) is 13.8. The minimum Gasteiger partial charge on any atom is -0.460 e. The third-order valence-corrected chi connectivity index (χ3v) is 5.38. The molecule has 1 aromatic rings. The van der Waals surface area contributed by atoms with Crippen molar-refractivity contribution in [2.45, 2.75) is 77.4 Å². The van der Waals surface area contributed by atoms with Gasteiger partial charge < -0.3 is 14.2 Å². The minimum absolute atomic E-state index is 0.0251. The highest BCUT2D eigenvalue weighted by molar-refractivity contribution is 5.89. The highest BCUT2D eigenvalue weighted by Crippen LogP contribution is 2.30. The molecule has 1 aliphatic carbocycles. The summed E-state index contributed by atoms with van der Waals surface area (Å²) < 4.78 is 17.5. The van der Waals surface area contributed by atoms with E-state index in [9.17, 15) is 9.59 Å². The largest absolute Gasteiger partial charge is 0.460 e. The number of likely N-dealkylation sites (tertiary alicyclic amines) is 1. The number of hydrogen-bond acceptors (Lipinski definition) is 6. The first-order valence-corrected chi connectivity index (χ1v) is 10.7. The molecule has 3 rings (SSSR count). The maximum atomic E-state index is 12.5. The topological polar surface area (TPSA) is 65.1 Å². The summed E-state index contributed by atoms with van der Waals surface area (Å²) in [6, 6.07) is 9.00. The van der Waals surface area contributed by atoms with E-state index in [0.29, 0.717) is 5.56 Å². The van der Waals surface area contributed by atoms with Gasteiger partial charge in [0.25, 0.3) is 6.41 Å². The lowest BCUT2D eigenvalue weighted by Gasteiger charge is -2.34. The lowest BCUT2D eigenvalue weighted by molar-refractivity contribution is -0.219. The molecule has 1 atom stereocenters. The smallest absolute Gasteiger partial charge is 0.341 e. The number of carbonyl (C=O) groups is 2. The van der Waals surface area contributed by atoms with Crippen LogP contribution in [-0.2, 0) is 19.0 Å². The number of benzene rings is 1. The Labute approximate surface area is 173 Å². The number of hydrogen-bond donors (Lipinski definition) is 0. The van der Waals surface area contributed by atoms with Crippen LogP contribution in [0.1, 0.15) is 69.7 Å². The van der Waals surface area contributed by atoms with E-state index >= 15 is 0 Å². The van der Waals surface area contributed by atoms with Gasteiger partial charge in [-0.1, -0.05) is 18.2 Å². The Morgan fingerprint density at radius 3 is 2.21 bits per heavy atom. The summed E-state index contributed by atoms with van der Waals surface area (Å²) >= 11 is 0. The molecule has 1 saturated heterocycles. The Kier molecular flexibility index (Phi) is 7.30. The number of esters is 2. The summed E-state index contributed by atoms with van der Waals surface area (Å²) in [5.41, 5.74) is 0.0608. The van der Waals surface area contributed by atoms with Gasteiger partial charge in [-0.3, -0.25) is 4.79 Å². The number of ether oxygens (including phenoxy) is 3. The zero-order valence-corrected chi connectivity index (χ0v) is 17.8. The summed E-state index contributed by atoms with van der Waals surface area (Å²) in [5, 5.41) is 0. The Morgan fingerprint density at radius 2 is 1.62 bits per heavy atom. The van der Waals surface area contributed by atoms with Crippen LogP contribution in [0.25, 0.3) is 0 Å². The second kappa shape index (κ2) is 9.72.